The number of amides is 1. The zero-order valence-corrected chi connectivity index (χ0v) is 16.5. The van der Waals surface area contributed by atoms with Crippen molar-refractivity contribution >= 4 is 11.9 Å². The molecule has 1 amide bonds. The Morgan fingerprint density at radius 1 is 1.24 bits per heavy atom. The molecule has 0 spiro atoms. The van der Waals surface area contributed by atoms with Crippen LogP contribution < -0.4 is 5.32 Å². The summed E-state index contributed by atoms with van der Waals surface area (Å²) < 4.78 is 1.92. The highest BCUT2D eigenvalue weighted by Crippen LogP contribution is 2.01. The molecule has 1 aromatic rings. The van der Waals surface area contributed by atoms with E-state index in [1.165, 1.54) is 0 Å². The SMILES string of the molecule is CCCCNC(=NCc1nnc(C)n1C)N(C)CC(=O)N(CC)CC. The molecular formula is C17H33N7O. The molecular weight excluding hydrogens is 318 g/mol. The van der Waals surface area contributed by atoms with Gasteiger partial charge in [-0.2, -0.15) is 0 Å². The van der Waals surface area contributed by atoms with Gasteiger partial charge in [0.15, 0.2) is 11.8 Å². The highest BCUT2D eigenvalue weighted by molar-refractivity contribution is 5.86. The van der Waals surface area contributed by atoms with Gasteiger partial charge in [-0.15, -0.1) is 10.2 Å². The van der Waals surface area contributed by atoms with Crippen LogP contribution in [0.4, 0.5) is 0 Å². The number of aliphatic imine (C=N–C) groups is 1. The highest BCUT2D eigenvalue weighted by atomic mass is 16.2. The molecule has 0 radical (unpaired) electrons. The van der Waals surface area contributed by atoms with Crippen LogP contribution in [-0.4, -0.2) is 69.7 Å². The van der Waals surface area contributed by atoms with Crippen LogP contribution in [0.15, 0.2) is 4.99 Å². The summed E-state index contributed by atoms with van der Waals surface area (Å²) in [6, 6.07) is 0. The quantitative estimate of drug-likeness (QED) is 0.410. The largest absolute Gasteiger partial charge is 0.356 e. The third-order valence-electron chi connectivity index (χ3n) is 4.22. The molecule has 1 N–H and O–H groups in total. The van der Waals surface area contributed by atoms with Gasteiger partial charge in [-0.25, -0.2) is 4.99 Å². The molecule has 0 atom stereocenters. The van der Waals surface area contributed by atoms with Gasteiger partial charge in [-0.3, -0.25) is 4.79 Å². The van der Waals surface area contributed by atoms with Crippen molar-refractivity contribution < 1.29 is 4.79 Å². The van der Waals surface area contributed by atoms with Gasteiger partial charge in [-0.1, -0.05) is 13.3 Å². The first-order chi connectivity index (χ1) is 11.9. The van der Waals surface area contributed by atoms with Gasteiger partial charge in [0.1, 0.15) is 12.4 Å². The molecule has 0 aromatic carbocycles. The van der Waals surface area contributed by atoms with Gasteiger partial charge in [0, 0.05) is 33.7 Å². The van der Waals surface area contributed by atoms with Crippen LogP contribution in [-0.2, 0) is 18.4 Å². The highest BCUT2D eigenvalue weighted by Gasteiger charge is 2.15. The monoisotopic (exact) mass is 351 g/mol. The summed E-state index contributed by atoms with van der Waals surface area (Å²) in [7, 11) is 3.82. The number of aryl methyl sites for hydroxylation is 1. The van der Waals surface area contributed by atoms with Crippen LogP contribution in [0, 0.1) is 6.92 Å². The van der Waals surface area contributed by atoms with Gasteiger partial charge in [0.05, 0.1) is 6.54 Å². The number of nitrogens with one attached hydrogen (secondary N) is 1. The summed E-state index contributed by atoms with van der Waals surface area (Å²) in [5.74, 6) is 2.48. The maximum absolute atomic E-state index is 12.4. The number of rotatable bonds is 9. The third kappa shape index (κ3) is 6.36. The number of carbonyl (C=O) groups excluding carboxylic acids is 1. The van der Waals surface area contributed by atoms with E-state index in [2.05, 4.69) is 27.4 Å². The lowest BCUT2D eigenvalue weighted by Crippen LogP contribution is -2.46. The van der Waals surface area contributed by atoms with Crippen LogP contribution in [0.3, 0.4) is 0 Å². The lowest BCUT2D eigenvalue weighted by Gasteiger charge is -2.26. The zero-order chi connectivity index (χ0) is 18.8. The van der Waals surface area contributed by atoms with Crippen molar-refractivity contribution in [1.82, 2.24) is 29.9 Å². The fraction of sp³-hybridized carbons (Fsp3) is 0.765. The average Bonchev–Trinajstić information content (AvgIpc) is 2.90. The fourth-order valence-electron chi connectivity index (χ4n) is 2.38. The summed E-state index contributed by atoms with van der Waals surface area (Å²) in [6.07, 6.45) is 2.16. The Hall–Kier alpha value is -2.12. The van der Waals surface area contributed by atoms with E-state index in [1.54, 1.807) is 0 Å². The van der Waals surface area contributed by atoms with E-state index in [1.807, 2.05) is 49.2 Å². The molecule has 8 heteroatoms. The van der Waals surface area contributed by atoms with Crippen molar-refractivity contribution in [2.75, 3.05) is 33.2 Å². The van der Waals surface area contributed by atoms with Gasteiger partial charge in [-0.05, 0) is 27.2 Å². The lowest BCUT2D eigenvalue weighted by molar-refractivity contribution is -0.131. The number of hydrogen-bond acceptors (Lipinski definition) is 4. The molecule has 0 aliphatic heterocycles. The predicted octanol–water partition coefficient (Wildman–Crippen LogP) is 1.17. The summed E-state index contributed by atoms with van der Waals surface area (Å²) in [5, 5.41) is 11.5. The van der Waals surface area contributed by atoms with Crippen molar-refractivity contribution in [3.63, 3.8) is 0 Å². The molecule has 1 aromatic heterocycles. The van der Waals surface area contributed by atoms with Crippen LogP contribution >= 0.6 is 0 Å². The minimum atomic E-state index is 0.104. The Labute approximate surface area is 151 Å². The number of hydrogen-bond donors (Lipinski definition) is 1. The first-order valence-corrected chi connectivity index (χ1v) is 9.06. The molecule has 25 heavy (non-hydrogen) atoms. The van der Waals surface area contributed by atoms with E-state index in [0.29, 0.717) is 13.1 Å². The molecule has 1 heterocycles. The first-order valence-electron chi connectivity index (χ1n) is 9.06. The summed E-state index contributed by atoms with van der Waals surface area (Å²) in [5.41, 5.74) is 0. The Morgan fingerprint density at radius 3 is 2.44 bits per heavy atom. The van der Waals surface area contributed by atoms with Crippen LogP contribution in [0.5, 0.6) is 0 Å². The van der Waals surface area contributed by atoms with Crippen molar-refractivity contribution in [3.8, 4) is 0 Å². The average molecular weight is 351 g/mol. The minimum absolute atomic E-state index is 0.104. The Morgan fingerprint density at radius 2 is 1.92 bits per heavy atom. The maximum Gasteiger partial charge on any atom is 0.242 e. The smallest absolute Gasteiger partial charge is 0.242 e. The number of likely N-dealkylation sites (N-methyl/N-ethyl adjacent to an activating group) is 2. The minimum Gasteiger partial charge on any atom is -0.356 e. The van der Waals surface area contributed by atoms with E-state index >= 15 is 0 Å². The molecule has 0 fully saturated rings. The van der Waals surface area contributed by atoms with Crippen molar-refractivity contribution in [3.05, 3.63) is 11.6 Å². The molecule has 1 rings (SSSR count). The Kier molecular flexibility index (Phi) is 8.94. The second-order valence-electron chi connectivity index (χ2n) is 6.06. The van der Waals surface area contributed by atoms with E-state index in [-0.39, 0.29) is 5.91 Å². The fourth-order valence-corrected chi connectivity index (χ4v) is 2.38. The van der Waals surface area contributed by atoms with Crippen LogP contribution in [0.1, 0.15) is 45.3 Å². The predicted molar refractivity (Wildman–Crippen MR) is 100 cm³/mol. The van der Waals surface area contributed by atoms with Gasteiger partial charge in [0.2, 0.25) is 5.91 Å². The van der Waals surface area contributed by atoms with Crippen molar-refractivity contribution in [2.24, 2.45) is 12.0 Å². The molecule has 0 aliphatic rings. The van der Waals surface area contributed by atoms with Crippen LogP contribution in [0.2, 0.25) is 0 Å². The number of guanidine groups is 1. The molecule has 0 saturated carbocycles. The van der Waals surface area contributed by atoms with Crippen molar-refractivity contribution in [2.45, 2.75) is 47.1 Å². The van der Waals surface area contributed by atoms with E-state index in [0.717, 1.165) is 50.1 Å². The Balaban J connectivity index is 2.81. The van der Waals surface area contributed by atoms with Gasteiger partial charge in [0.25, 0.3) is 0 Å². The number of carbonyl (C=O) groups is 1. The summed E-state index contributed by atoms with van der Waals surface area (Å²) in [6.45, 7) is 11.0. The Bertz CT molecular complexity index is 563. The third-order valence-corrected chi connectivity index (χ3v) is 4.22. The molecule has 0 unspecified atom stereocenters. The van der Waals surface area contributed by atoms with E-state index in [4.69, 9.17) is 0 Å². The topological polar surface area (TPSA) is 78.6 Å². The second kappa shape index (κ2) is 10.7. The molecule has 0 saturated heterocycles. The molecule has 0 bridgehead atoms. The number of unbranched alkanes of at least 4 members (excludes halogenated alkanes) is 1. The van der Waals surface area contributed by atoms with E-state index in [9.17, 15) is 4.79 Å². The lowest BCUT2D eigenvalue weighted by atomic mass is 10.3. The summed E-state index contributed by atoms with van der Waals surface area (Å²) >= 11 is 0. The molecule has 8 nitrogen and oxygen atoms in total. The molecule has 142 valence electrons. The number of aromatic nitrogens is 3. The second-order valence-corrected chi connectivity index (χ2v) is 6.06. The number of nitrogens with zero attached hydrogens (tertiary/aromatic N) is 6. The normalized spacial score (nSPS) is 11.5. The molecule has 0 aliphatic carbocycles. The zero-order valence-electron chi connectivity index (χ0n) is 16.5. The van der Waals surface area contributed by atoms with Gasteiger partial charge < -0.3 is 19.7 Å². The standard InChI is InChI=1S/C17H33N7O/c1-7-10-11-18-17(19-12-15-21-20-14(4)23(15)6)22(5)13-16(25)24(8-2)9-3/h7-13H2,1-6H3,(H,18,19). The van der Waals surface area contributed by atoms with Crippen LogP contribution in [0.25, 0.3) is 0 Å². The van der Waals surface area contributed by atoms with Gasteiger partial charge >= 0.3 is 0 Å². The summed E-state index contributed by atoms with van der Waals surface area (Å²) in [4.78, 5) is 20.7. The first kappa shape index (κ1) is 20.9. The van der Waals surface area contributed by atoms with Crippen molar-refractivity contribution in [1.29, 1.82) is 0 Å². The maximum atomic E-state index is 12.4. The van der Waals surface area contributed by atoms with E-state index < -0.39 is 0 Å².